The molecule has 0 aromatic heterocycles. The standard InChI is InChI=1S/C12H18ClNO4S/c1-3-18-12-6-5-10(9-11(12)13)19(15,16)14-7-4-8-17-2/h5-6,9,14H,3-4,7-8H2,1-2H3. The van der Waals surface area contributed by atoms with Crippen molar-refractivity contribution >= 4 is 21.6 Å². The van der Waals surface area contributed by atoms with Crippen LogP contribution in [0.3, 0.4) is 0 Å². The number of hydrogen-bond acceptors (Lipinski definition) is 4. The predicted octanol–water partition coefficient (Wildman–Crippen LogP) is 2.05. The second kappa shape index (κ2) is 7.69. The lowest BCUT2D eigenvalue weighted by Crippen LogP contribution is -2.25. The number of methoxy groups -OCH3 is 1. The van der Waals surface area contributed by atoms with Gasteiger partial charge in [0.25, 0.3) is 0 Å². The quantitative estimate of drug-likeness (QED) is 0.747. The van der Waals surface area contributed by atoms with Gasteiger partial charge in [-0.15, -0.1) is 0 Å². The molecule has 5 nitrogen and oxygen atoms in total. The second-order valence-corrected chi connectivity index (χ2v) is 5.94. The Morgan fingerprint density at radius 2 is 2.11 bits per heavy atom. The van der Waals surface area contributed by atoms with Crippen LogP contribution in [0.5, 0.6) is 5.75 Å². The summed E-state index contributed by atoms with van der Waals surface area (Å²) in [5.74, 6) is 0.475. The fraction of sp³-hybridized carbons (Fsp3) is 0.500. The summed E-state index contributed by atoms with van der Waals surface area (Å²) >= 11 is 5.96. The summed E-state index contributed by atoms with van der Waals surface area (Å²) in [4.78, 5) is 0.123. The largest absolute Gasteiger partial charge is 0.492 e. The maximum atomic E-state index is 12.0. The molecule has 0 atom stereocenters. The Bertz CT molecular complexity index is 504. The minimum absolute atomic E-state index is 0.123. The molecule has 0 saturated carbocycles. The van der Waals surface area contributed by atoms with E-state index in [-0.39, 0.29) is 9.92 Å². The maximum absolute atomic E-state index is 12.0. The van der Waals surface area contributed by atoms with Crippen LogP contribution in [0, 0.1) is 0 Å². The van der Waals surface area contributed by atoms with Gasteiger partial charge in [0.05, 0.1) is 16.5 Å². The fourth-order valence-corrected chi connectivity index (χ4v) is 2.83. The lowest BCUT2D eigenvalue weighted by Gasteiger charge is -2.09. The van der Waals surface area contributed by atoms with Crippen LogP contribution in [0.15, 0.2) is 23.1 Å². The van der Waals surface area contributed by atoms with E-state index in [2.05, 4.69) is 4.72 Å². The summed E-state index contributed by atoms with van der Waals surface area (Å²) in [6, 6.07) is 4.40. The van der Waals surface area contributed by atoms with Crippen molar-refractivity contribution in [3.05, 3.63) is 23.2 Å². The van der Waals surface area contributed by atoms with Crippen LogP contribution >= 0.6 is 11.6 Å². The number of nitrogens with one attached hydrogen (secondary N) is 1. The zero-order valence-electron chi connectivity index (χ0n) is 11.0. The van der Waals surface area contributed by atoms with Crippen LogP contribution in [0.1, 0.15) is 13.3 Å². The number of rotatable bonds is 8. The summed E-state index contributed by atoms with van der Waals surface area (Å²) < 4.78 is 36.5. The molecule has 0 fully saturated rings. The smallest absolute Gasteiger partial charge is 0.240 e. The highest BCUT2D eigenvalue weighted by molar-refractivity contribution is 7.89. The van der Waals surface area contributed by atoms with Gasteiger partial charge >= 0.3 is 0 Å². The van der Waals surface area contributed by atoms with Crippen LogP contribution < -0.4 is 9.46 Å². The number of hydrogen-bond donors (Lipinski definition) is 1. The SMILES string of the molecule is CCOc1ccc(S(=O)(=O)NCCCOC)cc1Cl. The van der Waals surface area contributed by atoms with E-state index in [4.69, 9.17) is 21.1 Å². The molecule has 0 radical (unpaired) electrons. The van der Waals surface area contributed by atoms with Gasteiger partial charge in [-0.25, -0.2) is 13.1 Å². The predicted molar refractivity (Wildman–Crippen MR) is 74.3 cm³/mol. The Kier molecular flexibility index (Phi) is 6.57. The normalized spacial score (nSPS) is 11.5. The van der Waals surface area contributed by atoms with Crippen molar-refractivity contribution in [1.29, 1.82) is 0 Å². The molecular formula is C12H18ClNO4S. The molecule has 1 N–H and O–H groups in total. The minimum atomic E-state index is -3.54. The van der Waals surface area contributed by atoms with Gasteiger partial charge in [0.15, 0.2) is 0 Å². The van der Waals surface area contributed by atoms with Gasteiger partial charge in [-0.05, 0) is 31.5 Å². The average molecular weight is 308 g/mol. The first kappa shape index (κ1) is 16.2. The van der Waals surface area contributed by atoms with Gasteiger partial charge in [0, 0.05) is 20.3 Å². The summed E-state index contributed by atoms with van der Waals surface area (Å²) in [7, 11) is -1.97. The van der Waals surface area contributed by atoms with Crippen LogP contribution in [-0.2, 0) is 14.8 Å². The van der Waals surface area contributed by atoms with E-state index in [1.807, 2.05) is 6.92 Å². The highest BCUT2D eigenvalue weighted by Gasteiger charge is 2.15. The lowest BCUT2D eigenvalue weighted by molar-refractivity contribution is 0.196. The third-order valence-electron chi connectivity index (χ3n) is 2.33. The van der Waals surface area contributed by atoms with Crippen LogP contribution in [0.25, 0.3) is 0 Å². The molecule has 0 saturated heterocycles. The Morgan fingerprint density at radius 3 is 2.68 bits per heavy atom. The summed E-state index contributed by atoms with van der Waals surface area (Å²) in [6.45, 7) is 3.13. The first-order chi connectivity index (χ1) is 9.01. The van der Waals surface area contributed by atoms with Crippen molar-refractivity contribution in [2.45, 2.75) is 18.2 Å². The van der Waals surface area contributed by atoms with Crippen LogP contribution in [0.4, 0.5) is 0 Å². The molecule has 1 aromatic rings. The molecule has 108 valence electrons. The van der Waals surface area contributed by atoms with Crippen LogP contribution in [-0.4, -0.2) is 35.3 Å². The molecule has 0 aliphatic carbocycles. The van der Waals surface area contributed by atoms with Crippen molar-refractivity contribution in [3.8, 4) is 5.75 Å². The van der Waals surface area contributed by atoms with E-state index in [0.717, 1.165) is 0 Å². The summed E-state index contributed by atoms with van der Waals surface area (Å²) in [5, 5.41) is 0.279. The third-order valence-corrected chi connectivity index (χ3v) is 4.08. The Morgan fingerprint density at radius 1 is 1.37 bits per heavy atom. The molecule has 1 rings (SSSR count). The molecule has 0 aliphatic heterocycles. The topological polar surface area (TPSA) is 64.6 Å². The number of benzene rings is 1. The van der Waals surface area contributed by atoms with Crippen molar-refractivity contribution in [1.82, 2.24) is 4.72 Å². The summed E-state index contributed by atoms with van der Waals surface area (Å²) in [5.41, 5.74) is 0. The minimum Gasteiger partial charge on any atom is -0.492 e. The van der Waals surface area contributed by atoms with Gasteiger partial charge in [-0.2, -0.15) is 0 Å². The van der Waals surface area contributed by atoms with Gasteiger partial charge < -0.3 is 9.47 Å². The zero-order valence-corrected chi connectivity index (χ0v) is 12.6. The van der Waals surface area contributed by atoms with E-state index in [0.29, 0.717) is 31.9 Å². The third kappa shape index (κ3) is 4.99. The highest BCUT2D eigenvalue weighted by atomic mass is 35.5. The van der Waals surface area contributed by atoms with E-state index < -0.39 is 10.0 Å². The molecule has 19 heavy (non-hydrogen) atoms. The fourth-order valence-electron chi connectivity index (χ4n) is 1.43. The maximum Gasteiger partial charge on any atom is 0.240 e. The van der Waals surface area contributed by atoms with Gasteiger partial charge in [0.1, 0.15) is 5.75 Å². The van der Waals surface area contributed by atoms with Gasteiger partial charge in [-0.3, -0.25) is 0 Å². The molecule has 7 heteroatoms. The van der Waals surface area contributed by atoms with Gasteiger partial charge in [-0.1, -0.05) is 11.6 Å². The van der Waals surface area contributed by atoms with E-state index in [1.54, 1.807) is 13.2 Å². The lowest BCUT2D eigenvalue weighted by atomic mass is 10.3. The molecule has 0 bridgehead atoms. The van der Waals surface area contributed by atoms with Crippen molar-refractivity contribution in [2.75, 3.05) is 26.9 Å². The Labute approximate surface area is 118 Å². The summed E-state index contributed by atoms with van der Waals surface area (Å²) in [6.07, 6.45) is 0.612. The highest BCUT2D eigenvalue weighted by Crippen LogP contribution is 2.27. The van der Waals surface area contributed by atoms with Gasteiger partial charge in [0.2, 0.25) is 10.0 Å². The molecule has 0 unspecified atom stereocenters. The molecular weight excluding hydrogens is 290 g/mol. The van der Waals surface area contributed by atoms with Crippen LogP contribution in [0.2, 0.25) is 5.02 Å². The van der Waals surface area contributed by atoms with Crippen molar-refractivity contribution in [2.24, 2.45) is 0 Å². The Balaban J connectivity index is 2.75. The molecule has 0 amide bonds. The number of ether oxygens (including phenoxy) is 2. The first-order valence-corrected chi connectivity index (χ1v) is 7.78. The number of halogens is 1. The zero-order chi connectivity index (χ0) is 14.3. The van der Waals surface area contributed by atoms with E-state index in [9.17, 15) is 8.42 Å². The Hall–Kier alpha value is -0.820. The van der Waals surface area contributed by atoms with Crippen molar-refractivity contribution in [3.63, 3.8) is 0 Å². The van der Waals surface area contributed by atoms with Crippen molar-refractivity contribution < 1.29 is 17.9 Å². The second-order valence-electron chi connectivity index (χ2n) is 3.77. The molecule has 0 heterocycles. The average Bonchev–Trinajstić information content (AvgIpc) is 2.37. The van der Waals surface area contributed by atoms with E-state index in [1.165, 1.54) is 12.1 Å². The molecule has 0 spiro atoms. The van der Waals surface area contributed by atoms with E-state index >= 15 is 0 Å². The first-order valence-electron chi connectivity index (χ1n) is 5.92. The molecule has 1 aromatic carbocycles. The number of sulfonamides is 1. The monoisotopic (exact) mass is 307 g/mol. The molecule has 0 aliphatic rings.